The predicted octanol–water partition coefficient (Wildman–Crippen LogP) is 2.22. The van der Waals surface area contributed by atoms with E-state index in [1.54, 1.807) is 6.07 Å². The standard InChI is InChI=1S/C12H14FNO2/c1-7(2)12-10(6-15)14-9-4-3-8(13)5-11(9)16-12/h3-7,10,12,14H,1-2H3. The summed E-state index contributed by atoms with van der Waals surface area (Å²) in [6.07, 6.45) is 0.573. The van der Waals surface area contributed by atoms with Gasteiger partial charge in [-0.05, 0) is 18.1 Å². The highest BCUT2D eigenvalue weighted by molar-refractivity contribution is 5.70. The minimum atomic E-state index is -0.377. The van der Waals surface area contributed by atoms with Crippen molar-refractivity contribution < 1.29 is 13.9 Å². The summed E-state index contributed by atoms with van der Waals surface area (Å²) in [6, 6.07) is 3.88. The zero-order chi connectivity index (χ0) is 11.7. The van der Waals surface area contributed by atoms with Gasteiger partial charge < -0.3 is 14.8 Å². The van der Waals surface area contributed by atoms with Crippen LogP contribution in [0.2, 0.25) is 0 Å². The number of hydrogen-bond donors (Lipinski definition) is 1. The van der Waals surface area contributed by atoms with Gasteiger partial charge in [0.05, 0.1) is 5.69 Å². The number of benzene rings is 1. The Hall–Kier alpha value is -1.58. The Labute approximate surface area is 93.6 Å². The van der Waals surface area contributed by atoms with Crippen LogP contribution < -0.4 is 10.1 Å². The summed E-state index contributed by atoms with van der Waals surface area (Å²) in [5.41, 5.74) is 0.662. The van der Waals surface area contributed by atoms with Crippen molar-refractivity contribution in [2.45, 2.75) is 26.0 Å². The molecular weight excluding hydrogens is 209 g/mol. The topological polar surface area (TPSA) is 38.3 Å². The van der Waals surface area contributed by atoms with Crippen molar-refractivity contribution in [3.63, 3.8) is 0 Å². The highest BCUT2D eigenvalue weighted by Crippen LogP contribution is 2.33. The minimum Gasteiger partial charge on any atom is -0.485 e. The fourth-order valence-corrected chi connectivity index (χ4v) is 1.86. The molecule has 4 heteroatoms. The first-order valence-electron chi connectivity index (χ1n) is 5.30. The Balaban J connectivity index is 2.34. The fourth-order valence-electron chi connectivity index (χ4n) is 1.86. The van der Waals surface area contributed by atoms with E-state index in [1.807, 2.05) is 13.8 Å². The zero-order valence-electron chi connectivity index (χ0n) is 9.24. The van der Waals surface area contributed by atoms with E-state index in [0.29, 0.717) is 11.4 Å². The van der Waals surface area contributed by atoms with E-state index in [4.69, 9.17) is 4.74 Å². The number of nitrogens with one attached hydrogen (secondary N) is 1. The van der Waals surface area contributed by atoms with E-state index in [0.717, 1.165) is 6.29 Å². The van der Waals surface area contributed by atoms with E-state index < -0.39 is 0 Å². The van der Waals surface area contributed by atoms with Crippen LogP contribution in [-0.2, 0) is 4.79 Å². The highest BCUT2D eigenvalue weighted by Gasteiger charge is 2.31. The fraction of sp³-hybridized carbons (Fsp3) is 0.417. The second kappa shape index (κ2) is 4.12. The van der Waals surface area contributed by atoms with Crippen LogP contribution in [-0.4, -0.2) is 18.4 Å². The van der Waals surface area contributed by atoms with E-state index >= 15 is 0 Å². The monoisotopic (exact) mass is 223 g/mol. The molecule has 2 unspecified atom stereocenters. The molecule has 0 spiro atoms. The summed E-state index contributed by atoms with van der Waals surface area (Å²) >= 11 is 0. The van der Waals surface area contributed by atoms with Crippen LogP contribution in [0, 0.1) is 11.7 Å². The normalized spacial score (nSPS) is 23.2. The third-order valence-corrected chi connectivity index (χ3v) is 2.69. The Kier molecular flexibility index (Phi) is 2.81. The number of carbonyl (C=O) groups excluding carboxylic acids is 1. The van der Waals surface area contributed by atoms with Crippen molar-refractivity contribution in [3.8, 4) is 5.75 Å². The van der Waals surface area contributed by atoms with Gasteiger partial charge in [-0.15, -0.1) is 0 Å². The summed E-state index contributed by atoms with van der Waals surface area (Å²) < 4.78 is 18.7. The maximum absolute atomic E-state index is 13.0. The van der Waals surface area contributed by atoms with Gasteiger partial charge in [-0.25, -0.2) is 4.39 Å². The van der Waals surface area contributed by atoms with Gasteiger partial charge in [-0.1, -0.05) is 13.8 Å². The molecule has 0 saturated carbocycles. The number of aldehydes is 1. The van der Waals surface area contributed by atoms with Crippen molar-refractivity contribution in [3.05, 3.63) is 24.0 Å². The van der Waals surface area contributed by atoms with Crippen LogP contribution >= 0.6 is 0 Å². The SMILES string of the molecule is CC(C)C1Oc2cc(F)ccc2NC1C=O. The number of halogens is 1. The minimum absolute atomic E-state index is 0.180. The number of anilines is 1. The van der Waals surface area contributed by atoms with Gasteiger partial charge in [-0.3, -0.25) is 0 Å². The lowest BCUT2D eigenvalue weighted by atomic mass is 9.98. The van der Waals surface area contributed by atoms with Gasteiger partial charge in [0.25, 0.3) is 0 Å². The van der Waals surface area contributed by atoms with Crippen LogP contribution in [0.4, 0.5) is 10.1 Å². The Bertz CT molecular complexity index is 406. The average Bonchev–Trinajstić information content (AvgIpc) is 2.27. The first-order chi connectivity index (χ1) is 7.61. The van der Waals surface area contributed by atoms with Gasteiger partial charge in [0.15, 0.2) is 0 Å². The third-order valence-electron chi connectivity index (χ3n) is 2.69. The Morgan fingerprint density at radius 3 is 2.88 bits per heavy atom. The van der Waals surface area contributed by atoms with E-state index in [1.165, 1.54) is 12.1 Å². The number of ether oxygens (including phenoxy) is 1. The van der Waals surface area contributed by atoms with Gasteiger partial charge in [0.1, 0.15) is 30.0 Å². The molecule has 1 N–H and O–H groups in total. The van der Waals surface area contributed by atoms with E-state index in [9.17, 15) is 9.18 Å². The van der Waals surface area contributed by atoms with Crippen LogP contribution in [0.25, 0.3) is 0 Å². The maximum atomic E-state index is 13.0. The molecular formula is C12H14FNO2. The number of hydrogen-bond acceptors (Lipinski definition) is 3. The maximum Gasteiger partial charge on any atom is 0.146 e. The first kappa shape index (κ1) is 10.9. The van der Waals surface area contributed by atoms with E-state index in [2.05, 4.69) is 5.32 Å². The zero-order valence-corrected chi connectivity index (χ0v) is 9.24. The quantitative estimate of drug-likeness (QED) is 0.781. The van der Waals surface area contributed by atoms with Crippen LogP contribution in [0.1, 0.15) is 13.8 Å². The molecule has 2 rings (SSSR count). The van der Waals surface area contributed by atoms with Gasteiger partial charge in [0, 0.05) is 6.07 Å². The highest BCUT2D eigenvalue weighted by atomic mass is 19.1. The molecule has 0 fully saturated rings. The first-order valence-corrected chi connectivity index (χ1v) is 5.30. The molecule has 1 aliphatic rings. The summed E-state index contributed by atoms with van der Waals surface area (Å²) in [7, 11) is 0. The summed E-state index contributed by atoms with van der Waals surface area (Å²) in [5, 5.41) is 3.05. The van der Waals surface area contributed by atoms with Crippen molar-refractivity contribution in [2.24, 2.45) is 5.92 Å². The van der Waals surface area contributed by atoms with Crippen molar-refractivity contribution in [1.82, 2.24) is 0 Å². The van der Waals surface area contributed by atoms with Gasteiger partial charge in [-0.2, -0.15) is 0 Å². The number of carbonyl (C=O) groups is 1. The molecule has 0 bridgehead atoms. The molecule has 1 aliphatic heterocycles. The smallest absolute Gasteiger partial charge is 0.146 e. The summed E-state index contributed by atoms with van der Waals surface area (Å²) in [5.74, 6) is 0.309. The lowest BCUT2D eigenvalue weighted by molar-refractivity contribution is -0.110. The summed E-state index contributed by atoms with van der Waals surface area (Å²) in [4.78, 5) is 10.9. The average molecular weight is 223 g/mol. The molecule has 3 nitrogen and oxygen atoms in total. The lowest BCUT2D eigenvalue weighted by Crippen LogP contribution is -2.45. The summed E-state index contributed by atoms with van der Waals surface area (Å²) in [6.45, 7) is 3.93. The molecule has 2 atom stereocenters. The molecule has 86 valence electrons. The molecule has 1 aromatic carbocycles. The molecule has 0 aromatic heterocycles. The number of fused-ring (bicyclic) bond motifs is 1. The van der Waals surface area contributed by atoms with Crippen LogP contribution in [0.5, 0.6) is 5.75 Å². The molecule has 0 radical (unpaired) electrons. The molecule has 1 heterocycles. The van der Waals surface area contributed by atoms with Gasteiger partial charge in [0.2, 0.25) is 0 Å². The lowest BCUT2D eigenvalue weighted by Gasteiger charge is -2.34. The van der Waals surface area contributed by atoms with Gasteiger partial charge >= 0.3 is 0 Å². The van der Waals surface area contributed by atoms with Crippen LogP contribution in [0.3, 0.4) is 0 Å². The Morgan fingerprint density at radius 1 is 1.50 bits per heavy atom. The van der Waals surface area contributed by atoms with E-state index in [-0.39, 0.29) is 23.9 Å². The van der Waals surface area contributed by atoms with Crippen molar-refractivity contribution in [2.75, 3.05) is 5.32 Å². The van der Waals surface area contributed by atoms with Crippen LogP contribution in [0.15, 0.2) is 18.2 Å². The molecule has 0 amide bonds. The Morgan fingerprint density at radius 2 is 2.25 bits per heavy atom. The molecule has 1 aromatic rings. The third kappa shape index (κ3) is 1.87. The second-order valence-electron chi connectivity index (χ2n) is 4.27. The molecule has 16 heavy (non-hydrogen) atoms. The molecule has 0 aliphatic carbocycles. The van der Waals surface area contributed by atoms with Crippen molar-refractivity contribution in [1.29, 1.82) is 0 Å². The predicted molar refractivity (Wildman–Crippen MR) is 59.1 cm³/mol. The van der Waals surface area contributed by atoms with Crippen molar-refractivity contribution >= 4 is 12.0 Å². The number of rotatable bonds is 2. The molecule has 0 saturated heterocycles. The largest absolute Gasteiger partial charge is 0.485 e. The second-order valence-corrected chi connectivity index (χ2v) is 4.27.